The second-order valence-electron chi connectivity index (χ2n) is 4.89. The van der Waals surface area contributed by atoms with E-state index in [9.17, 15) is 4.79 Å². The SMILES string of the molecule is CCCN1CC=C(c2sc(NC(C)=O)nc2C)CC1. The monoisotopic (exact) mass is 279 g/mol. The number of carbonyl (C=O) groups is 1. The number of aryl methyl sites for hydroxylation is 1. The van der Waals surface area contributed by atoms with E-state index in [1.807, 2.05) is 6.92 Å². The summed E-state index contributed by atoms with van der Waals surface area (Å²) < 4.78 is 0. The fourth-order valence-electron chi connectivity index (χ4n) is 2.34. The predicted octanol–water partition coefficient (Wildman–Crippen LogP) is 2.91. The minimum Gasteiger partial charge on any atom is -0.302 e. The number of nitrogens with one attached hydrogen (secondary N) is 1. The average molecular weight is 279 g/mol. The van der Waals surface area contributed by atoms with Crippen LogP contribution >= 0.6 is 11.3 Å². The Hall–Kier alpha value is -1.20. The zero-order valence-electron chi connectivity index (χ0n) is 11.8. The van der Waals surface area contributed by atoms with E-state index in [4.69, 9.17) is 0 Å². The molecule has 0 aliphatic carbocycles. The van der Waals surface area contributed by atoms with Crippen LogP contribution in [0.1, 0.15) is 37.3 Å². The fourth-order valence-corrected chi connectivity index (χ4v) is 3.42. The Labute approximate surface area is 118 Å². The number of anilines is 1. The van der Waals surface area contributed by atoms with Crippen molar-refractivity contribution >= 4 is 27.9 Å². The van der Waals surface area contributed by atoms with Crippen LogP contribution in [0.2, 0.25) is 0 Å². The molecular formula is C14H21N3OS. The molecule has 0 bridgehead atoms. The zero-order valence-corrected chi connectivity index (χ0v) is 12.6. The molecule has 1 aliphatic rings. The predicted molar refractivity (Wildman–Crippen MR) is 80.5 cm³/mol. The van der Waals surface area contributed by atoms with Crippen LogP contribution in [0.25, 0.3) is 5.57 Å². The summed E-state index contributed by atoms with van der Waals surface area (Å²) in [4.78, 5) is 19.2. The van der Waals surface area contributed by atoms with Gasteiger partial charge in [-0.25, -0.2) is 4.98 Å². The third-order valence-electron chi connectivity index (χ3n) is 3.20. The molecule has 2 rings (SSSR count). The lowest BCUT2D eigenvalue weighted by Crippen LogP contribution is -2.29. The Kier molecular flexibility index (Phi) is 4.71. The summed E-state index contributed by atoms with van der Waals surface area (Å²) in [6, 6.07) is 0. The first-order valence-electron chi connectivity index (χ1n) is 6.77. The number of hydrogen-bond donors (Lipinski definition) is 1. The summed E-state index contributed by atoms with van der Waals surface area (Å²) in [6.45, 7) is 9.05. The maximum Gasteiger partial charge on any atom is 0.223 e. The molecule has 1 amide bonds. The van der Waals surface area contributed by atoms with Crippen molar-refractivity contribution in [3.63, 3.8) is 0 Å². The standard InChI is InChI=1S/C14H21N3OS/c1-4-7-17-8-5-12(6-9-17)13-10(2)15-14(19-13)16-11(3)18/h5H,4,6-9H2,1-3H3,(H,15,16,18). The molecule has 0 radical (unpaired) electrons. The van der Waals surface area contributed by atoms with E-state index in [-0.39, 0.29) is 5.91 Å². The van der Waals surface area contributed by atoms with E-state index in [0.29, 0.717) is 5.13 Å². The maximum absolute atomic E-state index is 11.1. The van der Waals surface area contributed by atoms with Crippen molar-refractivity contribution in [3.05, 3.63) is 16.6 Å². The van der Waals surface area contributed by atoms with E-state index in [1.165, 1.54) is 30.3 Å². The van der Waals surface area contributed by atoms with Gasteiger partial charge in [0.25, 0.3) is 0 Å². The van der Waals surface area contributed by atoms with Gasteiger partial charge in [0.15, 0.2) is 5.13 Å². The lowest BCUT2D eigenvalue weighted by Gasteiger charge is -2.25. The second kappa shape index (κ2) is 6.30. The summed E-state index contributed by atoms with van der Waals surface area (Å²) in [5.74, 6) is -0.0629. The number of nitrogens with zero attached hydrogens (tertiary/aromatic N) is 2. The summed E-state index contributed by atoms with van der Waals surface area (Å²) in [5.41, 5.74) is 2.39. The molecule has 1 aromatic heterocycles. The van der Waals surface area contributed by atoms with Crippen molar-refractivity contribution in [2.75, 3.05) is 25.0 Å². The molecule has 1 N–H and O–H groups in total. The maximum atomic E-state index is 11.1. The van der Waals surface area contributed by atoms with E-state index in [0.717, 1.165) is 25.2 Å². The number of carbonyl (C=O) groups excluding carboxylic acids is 1. The van der Waals surface area contributed by atoms with Crippen molar-refractivity contribution in [1.82, 2.24) is 9.88 Å². The van der Waals surface area contributed by atoms with Crippen LogP contribution in [0.15, 0.2) is 6.08 Å². The highest BCUT2D eigenvalue weighted by atomic mass is 32.1. The number of amides is 1. The van der Waals surface area contributed by atoms with Crippen LogP contribution in [0.3, 0.4) is 0 Å². The van der Waals surface area contributed by atoms with Gasteiger partial charge in [-0.1, -0.05) is 24.3 Å². The molecule has 5 heteroatoms. The van der Waals surface area contributed by atoms with Crippen LogP contribution in [0.5, 0.6) is 0 Å². The van der Waals surface area contributed by atoms with Gasteiger partial charge in [-0.05, 0) is 31.9 Å². The molecule has 2 heterocycles. The van der Waals surface area contributed by atoms with Crippen LogP contribution in [0, 0.1) is 6.92 Å². The summed E-state index contributed by atoms with van der Waals surface area (Å²) in [6.07, 6.45) is 4.58. The van der Waals surface area contributed by atoms with Gasteiger partial charge in [0, 0.05) is 20.0 Å². The van der Waals surface area contributed by atoms with Gasteiger partial charge in [0.1, 0.15) is 0 Å². The molecule has 0 saturated carbocycles. The molecule has 19 heavy (non-hydrogen) atoms. The Morgan fingerprint density at radius 2 is 2.37 bits per heavy atom. The van der Waals surface area contributed by atoms with Crippen LogP contribution in [-0.4, -0.2) is 35.4 Å². The second-order valence-corrected chi connectivity index (χ2v) is 5.89. The van der Waals surface area contributed by atoms with Crippen molar-refractivity contribution < 1.29 is 4.79 Å². The molecular weight excluding hydrogens is 258 g/mol. The number of rotatable bonds is 4. The Bertz CT molecular complexity index is 493. The van der Waals surface area contributed by atoms with E-state index >= 15 is 0 Å². The Morgan fingerprint density at radius 1 is 1.58 bits per heavy atom. The van der Waals surface area contributed by atoms with Crippen LogP contribution < -0.4 is 5.32 Å². The first-order chi connectivity index (χ1) is 9.10. The molecule has 0 spiro atoms. The van der Waals surface area contributed by atoms with E-state index < -0.39 is 0 Å². The third-order valence-corrected chi connectivity index (χ3v) is 4.35. The smallest absolute Gasteiger partial charge is 0.223 e. The lowest BCUT2D eigenvalue weighted by molar-refractivity contribution is -0.114. The zero-order chi connectivity index (χ0) is 13.8. The topological polar surface area (TPSA) is 45.2 Å². The molecule has 4 nitrogen and oxygen atoms in total. The Balaban J connectivity index is 2.10. The first-order valence-corrected chi connectivity index (χ1v) is 7.58. The van der Waals surface area contributed by atoms with Crippen LogP contribution in [-0.2, 0) is 4.79 Å². The molecule has 0 fully saturated rings. The Morgan fingerprint density at radius 3 is 2.95 bits per heavy atom. The molecule has 1 aromatic rings. The molecule has 0 atom stereocenters. The lowest BCUT2D eigenvalue weighted by atomic mass is 10.1. The van der Waals surface area contributed by atoms with Gasteiger partial charge >= 0.3 is 0 Å². The van der Waals surface area contributed by atoms with Crippen molar-refractivity contribution in [3.8, 4) is 0 Å². The quantitative estimate of drug-likeness (QED) is 0.921. The largest absolute Gasteiger partial charge is 0.302 e. The highest BCUT2D eigenvalue weighted by molar-refractivity contribution is 7.17. The van der Waals surface area contributed by atoms with E-state index in [1.54, 1.807) is 11.3 Å². The number of thiazole rings is 1. The third kappa shape index (κ3) is 3.64. The van der Waals surface area contributed by atoms with Gasteiger partial charge in [0.2, 0.25) is 5.91 Å². The highest BCUT2D eigenvalue weighted by Crippen LogP contribution is 2.32. The van der Waals surface area contributed by atoms with Gasteiger partial charge in [0.05, 0.1) is 10.6 Å². The van der Waals surface area contributed by atoms with Gasteiger partial charge in [-0.2, -0.15) is 0 Å². The molecule has 1 aliphatic heterocycles. The van der Waals surface area contributed by atoms with Crippen molar-refractivity contribution in [1.29, 1.82) is 0 Å². The van der Waals surface area contributed by atoms with Gasteiger partial charge in [-0.3, -0.25) is 9.69 Å². The number of aromatic nitrogens is 1. The highest BCUT2D eigenvalue weighted by Gasteiger charge is 2.17. The fraction of sp³-hybridized carbons (Fsp3) is 0.571. The summed E-state index contributed by atoms with van der Waals surface area (Å²) in [5, 5.41) is 3.47. The average Bonchev–Trinajstić information content (AvgIpc) is 2.71. The molecule has 104 valence electrons. The normalized spacial score (nSPS) is 16.3. The summed E-state index contributed by atoms with van der Waals surface area (Å²) in [7, 11) is 0. The minimum atomic E-state index is -0.0629. The van der Waals surface area contributed by atoms with Crippen molar-refractivity contribution in [2.45, 2.75) is 33.6 Å². The van der Waals surface area contributed by atoms with Crippen LogP contribution in [0.4, 0.5) is 5.13 Å². The van der Waals surface area contributed by atoms with Crippen molar-refractivity contribution in [2.24, 2.45) is 0 Å². The van der Waals surface area contributed by atoms with Gasteiger partial charge < -0.3 is 5.32 Å². The molecule has 0 aromatic carbocycles. The van der Waals surface area contributed by atoms with Gasteiger partial charge in [-0.15, -0.1) is 0 Å². The number of hydrogen-bond acceptors (Lipinski definition) is 4. The molecule has 0 unspecified atom stereocenters. The van der Waals surface area contributed by atoms with E-state index in [2.05, 4.69) is 28.2 Å². The molecule has 0 saturated heterocycles. The minimum absolute atomic E-state index is 0.0629. The first kappa shape index (κ1) is 14.2. The summed E-state index contributed by atoms with van der Waals surface area (Å²) >= 11 is 1.58.